The highest BCUT2D eigenvalue weighted by Crippen LogP contribution is 2.27. The molecule has 2 aliphatic rings. The Morgan fingerprint density at radius 3 is 2.52 bits per heavy atom. The van der Waals surface area contributed by atoms with E-state index < -0.39 is 17.4 Å². The Balaban J connectivity index is 1.74. The van der Waals surface area contributed by atoms with Gasteiger partial charge in [-0.1, -0.05) is 12.1 Å². The molecule has 1 saturated heterocycles. The number of carbonyl (C=O) groups excluding carboxylic acids is 2. The maximum atomic E-state index is 13.0. The monoisotopic (exact) mass is 393 g/mol. The van der Waals surface area contributed by atoms with E-state index in [0.29, 0.717) is 29.9 Å². The number of rotatable bonds is 5. The van der Waals surface area contributed by atoms with Crippen molar-refractivity contribution in [3.8, 4) is 0 Å². The first-order valence-electron chi connectivity index (χ1n) is 8.65. The van der Waals surface area contributed by atoms with Gasteiger partial charge < -0.3 is 10.4 Å². The fourth-order valence-corrected chi connectivity index (χ4v) is 4.24. The molecular weight excluding hydrogens is 373 g/mol. The summed E-state index contributed by atoms with van der Waals surface area (Å²) >= 11 is 1.66. The molecule has 9 heteroatoms. The first-order valence-corrected chi connectivity index (χ1v) is 9.81. The molecule has 1 aromatic carbocycles. The summed E-state index contributed by atoms with van der Waals surface area (Å²) < 4.78 is 13.0. The van der Waals surface area contributed by atoms with Crippen LogP contribution in [0, 0.1) is 5.82 Å². The molecule has 2 aliphatic heterocycles. The Bertz CT molecular complexity index is 775. The van der Waals surface area contributed by atoms with E-state index in [2.05, 4.69) is 10.4 Å². The van der Waals surface area contributed by atoms with Gasteiger partial charge in [-0.2, -0.15) is 16.9 Å². The molecule has 1 fully saturated rings. The van der Waals surface area contributed by atoms with Crippen LogP contribution in [0.1, 0.15) is 31.2 Å². The number of hydrogen-bond acceptors (Lipinski definition) is 5. The lowest BCUT2D eigenvalue weighted by Gasteiger charge is -2.34. The zero-order valence-electron chi connectivity index (χ0n) is 14.6. The molecule has 2 amide bonds. The molecule has 0 aromatic heterocycles. The zero-order chi connectivity index (χ0) is 19.4. The van der Waals surface area contributed by atoms with Crippen LogP contribution in [-0.2, 0) is 20.9 Å². The first kappa shape index (κ1) is 19.3. The van der Waals surface area contributed by atoms with Crippen molar-refractivity contribution in [3.63, 3.8) is 0 Å². The number of nitrogens with zero attached hydrogens (tertiary/aromatic N) is 2. The number of aliphatic carboxylic acids is 1. The minimum absolute atomic E-state index is 0.114. The third kappa shape index (κ3) is 4.47. The van der Waals surface area contributed by atoms with E-state index in [1.807, 2.05) is 0 Å². The minimum atomic E-state index is -1.28. The van der Waals surface area contributed by atoms with Crippen molar-refractivity contribution >= 4 is 35.3 Å². The Hall–Kier alpha value is -2.42. The van der Waals surface area contributed by atoms with Gasteiger partial charge in [0.05, 0.1) is 6.54 Å². The van der Waals surface area contributed by atoms with E-state index >= 15 is 0 Å². The molecule has 0 saturated carbocycles. The number of benzene rings is 1. The number of hydrogen-bond donors (Lipinski definition) is 2. The SMILES string of the molecule is O=C(NC1(C(=O)O)CCSCC1)C1=NN(Cc2ccc(F)cc2)C(=O)CC1. The second-order valence-corrected chi connectivity index (χ2v) is 7.80. The zero-order valence-corrected chi connectivity index (χ0v) is 15.4. The topological polar surface area (TPSA) is 99.1 Å². The number of carboxylic acid groups (broad SMARTS) is 1. The van der Waals surface area contributed by atoms with Gasteiger partial charge in [-0.3, -0.25) is 9.59 Å². The van der Waals surface area contributed by atoms with Gasteiger partial charge in [0, 0.05) is 12.8 Å². The lowest BCUT2D eigenvalue weighted by Crippen LogP contribution is -2.58. The molecule has 0 aliphatic carbocycles. The van der Waals surface area contributed by atoms with E-state index in [1.54, 1.807) is 23.9 Å². The molecule has 2 heterocycles. The highest BCUT2D eigenvalue weighted by Gasteiger charge is 2.42. The summed E-state index contributed by atoms with van der Waals surface area (Å²) in [4.78, 5) is 36.5. The van der Waals surface area contributed by atoms with Crippen molar-refractivity contribution in [1.82, 2.24) is 10.3 Å². The number of carbonyl (C=O) groups is 3. The van der Waals surface area contributed by atoms with E-state index in [9.17, 15) is 23.9 Å². The lowest BCUT2D eigenvalue weighted by molar-refractivity contribution is -0.147. The van der Waals surface area contributed by atoms with Gasteiger partial charge in [0.1, 0.15) is 17.1 Å². The smallest absolute Gasteiger partial charge is 0.329 e. The van der Waals surface area contributed by atoms with Crippen LogP contribution in [0.4, 0.5) is 4.39 Å². The molecule has 0 atom stereocenters. The number of thioether (sulfide) groups is 1. The van der Waals surface area contributed by atoms with Crippen molar-refractivity contribution in [2.45, 2.75) is 37.8 Å². The van der Waals surface area contributed by atoms with Gasteiger partial charge in [-0.25, -0.2) is 14.2 Å². The van der Waals surface area contributed by atoms with E-state index in [1.165, 1.54) is 17.1 Å². The second kappa shape index (κ2) is 8.08. The quantitative estimate of drug-likeness (QED) is 0.794. The maximum Gasteiger partial charge on any atom is 0.329 e. The van der Waals surface area contributed by atoms with Gasteiger partial charge in [0.2, 0.25) is 5.91 Å². The van der Waals surface area contributed by atoms with Gasteiger partial charge in [-0.15, -0.1) is 0 Å². The predicted molar refractivity (Wildman–Crippen MR) is 98.7 cm³/mol. The average Bonchev–Trinajstić information content (AvgIpc) is 2.66. The van der Waals surface area contributed by atoms with Crippen molar-refractivity contribution in [2.75, 3.05) is 11.5 Å². The Kier molecular flexibility index (Phi) is 5.79. The summed E-state index contributed by atoms with van der Waals surface area (Å²) in [5, 5.41) is 17.5. The third-order valence-corrected chi connectivity index (χ3v) is 5.71. The van der Waals surface area contributed by atoms with Crippen LogP contribution in [0.15, 0.2) is 29.4 Å². The molecular formula is C18H20FN3O4S. The Labute approximate surface area is 160 Å². The number of nitrogens with one attached hydrogen (secondary N) is 1. The lowest BCUT2D eigenvalue weighted by atomic mass is 9.91. The highest BCUT2D eigenvalue weighted by atomic mass is 32.2. The number of halogens is 1. The van der Waals surface area contributed by atoms with Crippen molar-refractivity contribution in [1.29, 1.82) is 0 Å². The fraction of sp³-hybridized carbons (Fsp3) is 0.444. The van der Waals surface area contributed by atoms with Crippen molar-refractivity contribution in [3.05, 3.63) is 35.6 Å². The summed E-state index contributed by atoms with van der Waals surface area (Å²) in [7, 11) is 0. The van der Waals surface area contributed by atoms with Gasteiger partial charge in [-0.05, 0) is 42.0 Å². The van der Waals surface area contributed by atoms with E-state index in [4.69, 9.17) is 0 Å². The van der Waals surface area contributed by atoms with Crippen LogP contribution in [0.5, 0.6) is 0 Å². The Morgan fingerprint density at radius 1 is 1.22 bits per heavy atom. The van der Waals surface area contributed by atoms with Gasteiger partial charge in [0.25, 0.3) is 5.91 Å². The summed E-state index contributed by atoms with van der Waals surface area (Å²) in [6, 6.07) is 5.68. The molecule has 3 rings (SSSR count). The molecule has 0 spiro atoms. The van der Waals surface area contributed by atoms with Gasteiger partial charge >= 0.3 is 5.97 Å². The fourth-order valence-electron chi connectivity index (χ4n) is 3.05. The summed E-state index contributed by atoms with van der Waals surface area (Å²) in [6.45, 7) is 0.122. The van der Waals surface area contributed by atoms with Gasteiger partial charge in [0.15, 0.2) is 0 Å². The normalized spacial score (nSPS) is 19.4. The molecule has 144 valence electrons. The maximum absolute atomic E-state index is 13.0. The number of hydrazone groups is 1. The molecule has 0 unspecified atom stereocenters. The molecule has 7 nitrogen and oxygen atoms in total. The summed E-state index contributed by atoms with van der Waals surface area (Å²) in [6.07, 6.45) is 0.979. The predicted octanol–water partition coefficient (Wildman–Crippen LogP) is 1.77. The summed E-state index contributed by atoms with van der Waals surface area (Å²) in [5.41, 5.74) is -0.467. The molecule has 2 N–H and O–H groups in total. The van der Waals surface area contributed by atoms with Crippen molar-refractivity contribution in [2.24, 2.45) is 5.10 Å². The van der Waals surface area contributed by atoms with Crippen molar-refractivity contribution < 1.29 is 23.9 Å². The number of carboxylic acids is 1. The van der Waals surface area contributed by atoms with Crippen LogP contribution in [-0.4, -0.2) is 50.7 Å². The largest absolute Gasteiger partial charge is 0.480 e. The minimum Gasteiger partial charge on any atom is -0.480 e. The third-order valence-electron chi connectivity index (χ3n) is 4.72. The van der Waals surface area contributed by atoms with Crippen LogP contribution >= 0.6 is 11.8 Å². The Morgan fingerprint density at radius 2 is 1.89 bits per heavy atom. The van der Waals surface area contributed by atoms with Crippen LogP contribution < -0.4 is 5.32 Å². The molecule has 0 bridgehead atoms. The standard InChI is InChI=1S/C18H20FN3O4S/c19-13-3-1-12(2-4-13)11-22-15(23)6-5-14(21-22)16(24)20-18(17(25)26)7-9-27-10-8-18/h1-4H,5-11H2,(H,20,24)(H,25,26). The summed E-state index contributed by atoms with van der Waals surface area (Å²) in [5.74, 6) is -0.898. The van der Waals surface area contributed by atoms with Crippen LogP contribution in [0.3, 0.4) is 0 Å². The highest BCUT2D eigenvalue weighted by molar-refractivity contribution is 7.99. The second-order valence-electron chi connectivity index (χ2n) is 6.58. The first-order chi connectivity index (χ1) is 12.9. The molecule has 0 radical (unpaired) electrons. The molecule has 1 aromatic rings. The molecule has 27 heavy (non-hydrogen) atoms. The van der Waals surface area contributed by atoms with E-state index in [0.717, 1.165) is 0 Å². The van der Waals surface area contributed by atoms with Crippen LogP contribution in [0.25, 0.3) is 0 Å². The number of amides is 2. The van der Waals surface area contributed by atoms with E-state index in [-0.39, 0.29) is 36.8 Å². The average molecular weight is 393 g/mol. The van der Waals surface area contributed by atoms with Crippen LogP contribution in [0.2, 0.25) is 0 Å².